The molecule has 0 aliphatic carbocycles. The van der Waals surface area contributed by atoms with Crippen LogP contribution < -0.4 is 10.6 Å². The fourth-order valence-electron chi connectivity index (χ4n) is 2.78. The quantitative estimate of drug-likeness (QED) is 0.449. The van der Waals surface area contributed by atoms with Crippen LogP contribution in [0.5, 0.6) is 0 Å². The van der Waals surface area contributed by atoms with Crippen molar-refractivity contribution in [2.24, 2.45) is 4.99 Å². The fraction of sp³-hybridized carbons (Fsp3) is 0.556. The molecule has 1 aliphatic heterocycles. The molecule has 1 aromatic rings. The average Bonchev–Trinajstić information content (AvgIpc) is 2.63. The van der Waals surface area contributed by atoms with Crippen molar-refractivity contribution < 1.29 is 4.79 Å². The first-order valence-electron chi connectivity index (χ1n) is 8.52. The lowest BCUT2D eigenvalue weighted by Crippen LogP contribution is -2.46. The van der Waals surface area contributed by atoms with Gasteiger partial charge in [0.25, 0.3) is 0 Å². The van der Waals surface area contributed by atoms with E-state index in [4.69, 9.17) is 0 Å². The molecule has 0 saturated heterocycles. The highest BCUT2D eigenvalue weighted by Gasteiger charge is 2.20. The van der Waals surface area contributed by atoms with Crippen molar-refractivity contribution in [3.8, 4) is 0 Å². The number of nitrogens with zero attached hydrogens (tertiary/aromatic N) is 2. The van der Waals surface area contributed by atoms with Gasteiger partial charge in [0.1, 0.15) is 0 Å². The summed E-state index contributed by atoms with van der Waals surface area (Å²) >= 11 is 1.87. The molecule has 0 saturated carbocycles. The third-order valence-electron chi connectivity index (χ3n) is 4.18. The standard InChI is InChI=1S/C18H28N4OS/c1-19-18(20-10-5-6-12-24-2)21-13-17(23)22-11-9-15-7-3-4-8-16(15)14-22/h3-4,7-8H,5-6,9-14H2,1-2H3,(H2,19,20,21). The number of carbonyl (C=O) groups is 1. The molecule has 0 atom stereocenters. The molecule has 1 aliphatic rings. The van der Waals surface area contributed by atoms with Crippen molar-refractivity contribution >= 4 is 23.6 Å². The minimum atomic E-state index is 0.120. The molecule has 0 radical (unpaired) electrons. The summed E-state index contributed by atoms with van der Waals surface area (Å²) in [4.78, 5) is 18.5. The van der Waals surface area contributed by atoms with Crippen molar-refractivity contribution in [1.29, 1.82) is 0 Å². The number of aliphatic imine (C=N–C) groups is 1. The number of hydrogen-bond acceptors (Lipinski definition) is 3. The summed E-state index contributed by atoms with van der Waals surface area (Å²) in [5.74, 6) is 2.00. The molecule has 0 spiro atoms. The Hall–Kier alpha value is -1.69. The van der Waals surface area contributed by atoms with Gasteiger partial charge in [-0.1, -0.05) is 24.3 Å². The predicted molar refractivity (Wildman–Crippen MR) is 103 cm³/mol. The number of benzene rings is 1. The Morgan fingerprint density at radius 2 is 2.04 bits per heavy atom. The van der Waals surface area contributed by atoms with Crippen molar-refractivity contribution in [3.63, 3.8) is 0 Å². The summed E-state index contributed by atoms with van der Waals surface area (Å²) < 4.78 is 0. The second kappa shape index (κ2) is 10.2. The molecule has 1 amide bonds. The molecule has 0 aromatic heterocycles. The molecule has 2 N–H and O–H groups in total. The number of nitrogens with one attached hydrogen (secondary N) is 2. The van der Waals surface area contributed by atoms with E-state index in [2.05, 4.69) is 40.1 Å². The maximum atomic E-state index is 12.4. The zero-order valence-electron chi connectivity index (χ0n) is 14.7. The van der Waals surface area contributed by atoms with Gasteiger partial charge in [-0.05, 0) is 42.4 Å². The Morgan fingerprint density at radius 1 is 1.25 bits per heavy atom. The van der Waals surface area contributed by atoms with Gasteiger partial charge in [-0.15, -0.1) is 0 Å². The van der Waals surface area contributed by atoms with Gasteiger partial charge in [0.2, 0.25) is 5.91 Å². The third-order valence-corrected chi connectivity index (χ3v) is 4.88. The van der Waals surface area contributed by atoms with E-state index in [0.29, 0.717) is 12.5 Å². The Morgan fingerprint density at radius 3 is 2.79 bits per heavy atom. The van der Waals surface area contributed by atoms with Crippen LogP contribution in [-0.2, 0) is 17.8 Å². The number of thioether (sulfide) groups is 1. The SMILES string of the molecule is CN=C(NCCCCSC)NCC(=O)N1CCc2ccccc2C1. The molecule has 6 heteroatoms. The van der Waals surface area contributed by atoms with Crippen LogP contribution in [0.15, 0.2) is 29.3 Å². The minimum absolute atomic E-state index is 0.120. The maximum absolute atomic E-state index is 12.4. The summed E-state index contributed by atoms with van der Waals surface area (Å²) in [5, 5.41) is 6.38. The Bertz CT molecular complexity index is 562. The average molecular weight is 349 g/mol. The smallest absolute Gasteiger partial charge is 0.242 e. The maximum Gasteiger partial charge on any atom is 0.242 e. The molecular formula is C18H28N4OS. The number of rotatable bonds is 7. The molecule has 24 heavy (non-hydrogen) atoms. The highest BCUT2D eigenvalue weighted by Crippen LogP contribution is 2.18. The third kappa shape index (κ3) is 5.74. The number of hydrogen-bond donors (Lipinski definition) is 2. The fourth-order valence-corrected chi connectivity index (χ4v) is 3.27. The van der Waals surface area contributed by atoms with Crippen molar-refractivity contribution in [2.45, 2.75) is 25.8 Å². The summed E-state index contributed by atoms with van der Waals surface area (Å²) in [6.07, 6.45) is 5.36. The van der Waals surface area contributed by atoms with Gasteiger partial charge in [0, 0.05) is 26.7 Å². The van der Waals surface area contributed by atoms with Gasteiger partial charge in [-0.2, -0.15) is 11.8 Å². The molecule has 2 rings (SSSR count). The zero-order chi connectivity index (χ0) is 17.2. The van der Waals surface area contributed by atoms with Crippen LogP contribution in [0.1, 0.15) is 24.0 Å². The highest BCUT2D eigenvalue weighted by molar-refractivity contribution is 7.98. The Kier molecular flexibility index (Phi) is 7.95. The van der Waals surface area contributed by atoms with Crippen LogP contribution >= 0.6 is 11.8 Å². The summed E-state index contributed by atoms with van der Waals surface area (Å²) in [6.45, 7) is 2.66. The van der Waals surface area contributed by atoms with E-state index in [9.17, 15) is 4.79 Å². The van der Waals surface area contributed by atoms with E-state index in [0.717, 1.165) is 25.9 Å². The molecule has 0 fully saturated rings. The lowest BCUT2D eigenvalue weighted by Gasteiger charge is -2.29. The van der Waals surface area contributed by atoms with Gasteiger partial charge in [-0.25, -0.2) is 0 Å². The largest absolute Gasteiger partial charge is 0.356 e. The first-order valence-corrected chi connectivity index (χ1v) is 9.92. The normalized spacial score (nSPS) is 14.2. The molecule has 0 unspecified atom stereocenters. The van der Waals surface area contributed by atoms with Crippen LogP contribution in [0.3, 0.4) is 0 Å². The van der Waals surface area contributed by atoms with E-state index < -0.39 is 0 Å². The molecule has 1 aromatic carbocycles. The van der Waals surface area contributed by atoms with E-state index in [-0.39, 0.29) is 12.5 Å². The highest BCUT2D eigenvalue weighted by atomic mass is 32.2. The minimum Gasteiger partial charge on any atom is -0.356 e. The molecule has 1 heterocycles. The molecular weight excluding hydrogens is 320 g/mol. The number of guanidine groups is 1. The lowest BCUT2D eigenvalue weighted by atomic mass is 10.00. The number of unbranched alkanes of at least 4 members (excludes halogenated alkanes) is 1. The summed E-state index contributed by atoms with van der Waals surface area (Å²) in [5.41, 5.74) is 2.62. The summed E-state index contributed by atoms with van der Waals surface area (Å²) in [6, 6.07) is 8.36. The number of carbonyl (C=O) groups excluding carboxylic acids is 1. The number of amides is 1. The van der Waals surface area contributed by atoms with Gasteiger partial charge in [-0.3, -0.25) is 9.79 Å². The molecule has 0 bridgehead atoms. The van der Waals surface area contributed by atoms with Crippen LogP contribution in [0.4, 0.5) is 0 Å². The Labute approximate surface area is 149 Å². The van der Waals surface area contributed by atoms with Crippen LogP contribution in [0, 0.1) is 0 Å². The van der Waals surface area contributed by atoms with Crippen LogP contribution in [0.25, 0.3) is 0 Å². The van der Waals surface area contributed by atoms with Crippen molar-refractivity contribution in [1.82, 2.24) is 15.5 Å². The zero-order valence-corrected chi connectivity index (χ0v) is 15.5. The van der Waals surface area contributed by atoms with Gasteiger partial charge in [0.05, 0.1) is 6.54 Å². The second-order valence-electron chi connectivity index (χ2n) is 5.89. The monoisotopic (exact) mass is 348 g/mol. The lowest BCUT2D eigenvalue weighted by molar-refractivity contribution is -0.130. The molecule has 132 valence electrons. The van der Waals surface area contributed by atoms with Crippen molar-refractivity contribution in [3.05, 3.63) is 35.4 Å². The van der Waals surface area contributed by atoms with Crippen molar-refractivity contribution in [2.75, 3.05) is 38.7 Å². The predicted octanol–water partition coefficient (Wildman–Crippen LogP) is 1.88. The topological polar surface area (TPSA) is 56.7 Å². The van der Waals surface area contributed by atoms with E-state index >= 15 is 0 Å². The first-order chi connectivity index (χ1) is 11.7. The van der Waals surface area contributed by atoms with Gasteiger partial charge in [0.15, 0.2) is 5.96 Å². The number of fused-ring (bicyclic) bond motifs is 1. The van der Waals surface area contributed by atoms with E-state index in [1.807, 2.05) is 22.7 Å². The van der Waals surface area contributed by atoms with Crippen LogP contribution in [-0.4, -0.2) is 55.5 Å². The van der Waals surface area contributed by atoms with E-state index in [1.54, 1.807) is 7.05 Å². The molecule has 5 nitrogen and oxygen atoms in total. The van der Waals surface area contributed by atoms with E-state index in [1.165, 1.54) is 23.3 Å². The van der Waals surface area contributed by atoms with Gasteiger partial charge >= 0.3 is 0 Å². The first kappa shape index (κ1) is 18.6. The van der Waals surface area contributed by atoms with Gasteiger partial charge < -0.3 is 15.5 Å². The summed E-state index contributed by atoms with van der Waals surface area (Å²) in [7, 11) is 1.73. The van der Waals surface area contributed by atoms with Crippen LogP contribution in [0.2, 0.25) is 0 Å². The second-order valence-corrected chi connectivity index (χ2v) is 6.87. The Balaban J connectivity index is 1.72.